The predicted molar refractivity (Wildman–Crippen MR) is 97.9 cm³/mol. The molecule has 6 heteroatoms. The third-order valence-corrected chi connectivity index (χ3v) is 4.25. The van der Waals surface area contributed by atoms with Crippen LogP contribution in [-0.4, -0.2) is 46.8 Å². The molecule has 1 aromatic carbocycles. The van der Waals surface area contributed by atoms with Gasteiger partial charge in [0.25, 0.3) is 11.8 Å². The van der Waals surface area contributed by atoms with Crippen molar-refractivity contribution in [2.24, 2.45) is 0 Å². The third kappa shape index (κ3) is 4.00. The van der Waals surface area contributed by atoms with Gasteiger partial charge in [-0.1, -0.05) is 20.3 Å². The van der Waals surface area contributed by atoms with Crippen molar-refractivity contribution in [1.82, 2.24) is 9.80 Å². The second-order valence-corrected chi connectivity index (χ2v) is 6.61. The lowest BCUT2D eigenvalue weighted by Gasteiger charge is -2.22. The fourth-order valence-electron chi connectivity index (χ4n) is 2.94. The highest BCUT2D eigenvalue weighted by molar-refractivity contribution is 6.22. The number of nitrogens with zero attached hydrogens (tertiary/aromatic N) is 2. The van der Waals surface area contributed by atoms with Crippen LogP contribution in [0.1, 0.15) is 67.7 Å². The van der Waals surface area contributed by atoms with Crippen LogP contribution in [0, 0.1) is 0 Å². The normalized spacial score (nSPS) is 13.4. The molecule has 25 heavy (non-hydrogen) atoms. The largest absolute Gasteiger partial charge is 0.325 e. The number of rotatable bonds is 7. The molecule has 2 rings (SSSR count). The SMILES string of the molecule is CCCCN(CCC)C(=O)Nc1ccc2c(c1)C(=O)N(C(C)C)C2=O. The molecule has 6 nitrogen and oxygen atoms in total. The lowest BCUT2D eigenvalue weighted by atomic mass is 10.1. The number of hydrogen-bond acceptors (Lipinski definition) is 3. The van der Waals surface area contributed by atoms with E-state index in [4.69, 9.17) is 0 Å². The Hall–Kier alpha value is -2.37. The van der Waals surface area contributed by atoms with Gasteiger partial charge in [0.15, 0.2) is 0 Å². The molecular weight excluding hydrogens is 318 g/mol. The molecule has 0 fully saturated rings. The second-order valence-electron chi connectivity index (χ2n) is 6.61. The first-order chi connectivity index (χ1) is 11.9. The monoisotopic (exact) mass is 345 g/mol. The van der Waals surface area contributed by atoms with Gasteiger partial charge in [-0.15, -0.1) is 0 Å². The molecule has 1 aromatic rings. The number of benzene rings is 1. The molecule has 0 bridgehead atoms. The number of amides is 4. The highest BCUT2D eigenvalue weighted by atomic mass is 16.2. The number of unbranched alkanes of at least 4 members (excludes halogenated alkanes) is 1. The first-order valence-corrected chi connectivity index (χ1v) is 8.98. The van der Waals surface area contributed by atoms with Crippen LogP contribution in [0.3, 0.4) is 0 Å². The van der Waals surface area contributed by atoms with E-state index in [0.717, 1.165) is 19.3 Å². The van der Waals surface area contributed by atoms with E-state index < -0.39 is 0 Å². The Balaban J connectivity index is 2.17. The Bertz CT molecular complexity index is 670. The summed E-state index contributed by atoms with van der Waals surface area (Å²) < 4.78 is 0. The van der Waals surface area contributed by atoms with Gasteiger partial charge in [-0.2, -0.15) is 0 Å². The molecule has 0 unspecified atom stereocenters. The van der Waals surface area contributed by atoms with Gasteiger partial charge in [0, 0.05) is 24.8 Å². The third-order valence-electron chi connectivity index (χ3n) is 4.25. The van der Waals surface area contributed by atoms with E-state index >= 15 is 0 Å². The van der Waals surface area contributed by atoms with E-state index in [2.05, 4.69) is 12.2 Å². The number of carbonyl (C=O) groups excluding carboxylic acids is 3. The van der Waals surface area contributed by atoms with Gasteiger partial charge in [0.2, 0.25) is 0 Å². The first kappa shape index (κ1) is 19.0. The molecule has 1 heterocycles. The molecule has 4 amide bonds. The summed E-state index contributed by atoms with van der Waals surface area (Å²) in [4.78, 5) is 40.3. The standard InChI is InChI=1S/C19H27N3O3/c1-5-7-11-21(10-6-2)19(25)20-14-8-9-15-16(12-14)18(24)22(13(3)4)17(15)23/h8-9,12-13H,5-7,10-11H2,1-4H3,(H,20,25). The molecule has 0 saturated carbocycles. The van der Waals surface area contributed by atoms with Crippen molar-refractivity contribution < 1.29 is 14.4 Å². The van der Waals surface area contributed by atoms with Crippen LogP contribution in [-0.2, 0) is 0 Å². The molecule has 136 valence electrons. The van der Waals surface area contributed by atoms with Crippen molar-refractivity contribution in [2.45, 2.75) is 53.0 Å². The average molecular weight is 345 g/mol. The smallest absolute Gasteiger partial charge is 0.321 e. The maximum absolute atomic E-state index is 12.5. The van der Waals surface area contributed by atoms with Crippen LogP contribution in [0.25, 0.3) is 0 Å². The fourth-order valence-corrected chi connectivity index (χ4v) is 2.94. The number of fused-ring (bicyclic) bond motifs is 1. The van der Waals surface area contributed by atoms with Gasteiger partial charge in [-0.25, -0.2) is 4.79 Å². The minimum Gasteiger partial charge on any atom is -0.325 e. The van der Waals surface area contributed by atoms with Crippen LogP contribution < -0.4 is 5.32 Å². The van der Waals surface area contributed by atoms with Gasteiger partial charge in [-0.3, -0.25) is 14.5 Å². The molecular formula is C19H27N3O3. The van der Waals surface area contributed by atoms with Crippen molar-refractivity contribution in [1.29, 1.82) is 0 Å². The Kier molecular flexibility index (Phi) is 6.17. The van der Waals surface area contributed by atoms with Crippen molar-refractivity contribution >= 4 is 23.5 Å². The van der Waals surface area contributed by atoms with Crippen LogP contribution in [0.2, 0.25) is 0 Å². The highest BCUT2D eigenvalue weighted by Gasteiger charge is 2.37. The summed E-state index contributed by atoms with van der Waals surface area (Å²) in [6.07, 6.45) is 2.86. The summed E-state index contributed by atoms with van der Waals surface area (Å²) in [5, 5.41) is 2.85. The van der Waals surface area contributed by atoms with Gasteiger partial charge in [-0.05, 0) is 44.9 Å². The van der Waals surface area contributed by atoms with Gasteiger partial charge >= 0.3 is 6.03 Å². The number of nitrogens with one attached hydrogen (secondary N) is 1. The van der Waals surface area contributed by atoms with Gasteiger partial charge < -0.3 is 10.2 Å². The van der Waals surface area contributed by atoms with Crippen LogP contribution in [0.15, 0.2) is 18.2 Å². The predicted octanol–water partition coefficient (Wildman–Crippen LogP) is 3.74. The lowest BCUT2D eigenvalue weighted by Crippen LogP contribution is -2.36. The van der Waals surface area contributed by atoms with Crippen molar-refractivity contribution in [3.63, 3.8) is 0 Å². The fraction of sp³-hybridized carbons (Fsp3) is 0.526. The van der Waals surface area contributed by atoms with Crippen LogP contribution >= 0.6 is 0 Å². The zero-order valence-corrected chi connectivity index (χ0v) is 15.5. The number of anilines is 1. The topological polar surface area (TPSA) is 69.7 Å². The molecule has 1 aliphatic heterocycles. The first-order valence-electron chi connectivity index (χ1n) is 8.98. The van der Waals surface area contributed by atoms with Crippen molar-refractivity contribution in [2.75, 3.05) is 18.4 Å². The Morgan fingerprint density at radius 3 is 2.36 bits per heavy atom. The summed E-state index contributed by atoms with van der Waals surface area (Å²) in [5.74, 6) is -0.578. The molecule has 0 aromatic heterocycles. The zero-order chi connectivity index (χ0) is 18.6. The van der Waals surface area contributed by atoms with E-state index in [-0.39, 0.29) is 23.9 Å². The van der Waals surface area contributed by atoms with Crippen molar-refractivity contribution in [3.8, 4) is 0 Å². The van der Waals surface area contributed by atoms with Crippen molar-refractivity contribution in [3.05, 3.63) is 29.3 Å². The average Bonchev–Trinajstić information content (AvgIpc) is 2.82. The van der Waals surface area contributed by atoms with E-state index in [0.29, 0.717) is 29.9 Å². The summed E-state index contributed by atoms with van der Waals surface area (Å²) in [6, 6.07) is 4.52. The number of imide groups is 1. The quantitative estimate of drug-likeness (QED) is 0.766. The number of hydrogen-bond donors (Lipinski definition) is 1. The minimum atomic E-state index is -0.303. The maximum atomic E-state index is 12.5. The summed E-state index contributed by atoms with van der Waals surface area (Å²) >= 11 is 0. The molecule has 0 aliphatic carbocycles. The number of urea groups is 1. The molecule has 1 N–H and O–H groups in total. The summed E-state index contributed by atoms with van der Waals surface area (Å²) in [7, 11) is 0. The summed E-state index contributed by atoms with van der Waals surface area (Å²) in [5.41, 5.74) is 1.29. The van der Waals surface area contributed by atoms with Gasteiger partial charge in [0.05, 0.1) is 11.1 Å². The number of carbonyl (C=O) groups is 3. The molecule has 0 saturated heterocycles. The lowest BCUT2D eigenvalue weighted by molar-refractivity contribution is 0.0609. The van der Waals surface area contributed by atoms with Crippen LogP contribution in [0.4, 0.5) is 10.5 Å². The van der Waals surface area contributed by atoms with Crippen LogP contribution in [0.5, 0.6) is 0 Å². The van der Waals surface area contributed by atoms with E-state index in [1.807, 2.05) is 6.92 Å². The Morgan fingerprint density at radius 1 is 1.08 bits per heavy atom. The molecule has 0 radical (unpaired) electrons. The highest BCUT2D eigenvalue weighted by Crippen LogP contribution is 2.27. The molecule has 1 aliphatic rings. The second kappa shape index (κ2) is 8.14. The Labute approximate surface area is 149 Å². The van der Waals surface area contributed by atoms with E-state index in [1.54, 1.807) is 36.9 Å². The molecule has 0 atom stereocenters. The minimum absolute atomic E-state index is 0.173. The van der Waals surface area contributed by atoms with E-state index in [9.17, 15) is 14.4 Å². The molecule has 0 spiro atoms. The zero-order valence-electron chi connectivity index (χ0n) is 15.5. The van der Waals surface area contributed by atoms with E-state index in [1.165, 1.54) is 4.90 Å². The summed E-state index contributed by atoms with van der Waals surface area (Å²) in [6.45, 7) is 9.13. The maximum Gasteiger partial charge on any atom is 0.321 e. The Morgan fingerprint density at radius 2 is 1.76 bits per heavy atom. The van der Waals surface area contributed by atoms with Gasteiger partial charge in [0.1, 0.15) is 0 Å².